The van der Waals surface area contributed by atoms with Crippen LogP contribution in [0.2, 0.25) is 0 Å². The molecule has 0 spiro atoms. The molecule has 2 heterocycles. The number of amides is 2. The molecule has 2 fully saturated rings. The number of carbonyl (C=O) groups excluding carboxylic acids is 2. The molecule has 1 atom stereocenters. The summed E-state index contributed by atoms with van der Waals surface area (Å²) in [6, 6.07) is 3.43. The van der Waals surface area contributed by atoms with Gasteiger partial charge in [0.05, 0.1) is 6.54 Å². The standard InChI is InChI=1S/C17H23N3O3/c1-2-18-15(21)14-7-4-9-19-16(14)23-13-8-10-20(11-13)17(22)12-5-3-6-12/h4,7,9,12-13H,2-3,5-6,8,10-11H2,1H3,(H,18,21). The van der Waals surface area contributed by atoms with Gasteiger partial charge in [-0.05, 0) is 31.9 Å². The van der Waals surface area contributed by atoms with E-state index in [1.54, 1.807) is 18.3 Å². The van der Waals surface area contributed by atoms with Crippen molar-refractivity contribution < 1.29 is 14.3 Å². The molecule has 1 aromatic rings. The maximum absolute atomic E-state index is 12.3. The van der Waals surface area contributed by atoms with Crippen LogP contribution in [0.3, 0.4) is 0 Å². The van der Waals surface area contributed by atoms with Gasteiger partial charge in [0, 0.05) is 31.6 Å². The van der Waals surface area contributed by atoms with Crippen molar-refractivity contribution in [3.8, 4) is 5.88 Å². The molecule has 1 unspecified atom stereocenters. The number of pyridine rings is 1. The van der Waals surface area contributed by atoms with Gasteiger partial charge >= 0.3 is 0 Å². The number of likely N-dealkylation sites (tertiary alicyclic amines) is 1. The Labute approximate surface area is 136 Å². The van der Waals surface area contributed by atoms with Crippen molar-refractivity contribution in [2.24, 2.45) is 5.92 Å². The van der Waals surface area contributed by atoms with E-state index in [-0.39, 0.29) is 23.8 Å². The van der Waals surface area contributed by atoms with Crippen LogP contribution >= 0.6 is 0 Å². The molecule has 1 N–H and O–H groups in total. The van der Waals surface area contributed by atoms with Crippen LogP contribution in [0.5, 0.6) is 5.88 Å². The molecule has 1 aliphatic heterocycles. The number of hydrogen-bond acceptors (Lipinski definition) is 4. The average Bonchev–Trinajstić information content (AvgIpc) is 2.95. The predicted molar refractivity (Wildman–Crippen MR) is 85.2 cm³/mol. The molecule has 6 heteroatoms. The summed E-state index contributed by atoms with van der Waals surface area (Å²) in [5.41, 5.74) is 0.443. The molecule has 124 valence electrons. The van der Waals surface area contributed by atoms with Crippen molar-refractivity contribution in [2.75, 3.05) is 19.6 Å². The number of aromatic nitrogens is 1. The highest BCUT2D eigenvalue weighted by atomic mass is 16.5. The summed E-state index contributed by atoms with van der Waals surface area (Å²) in [5, 5.41) is 2.76. The predicted octanol–water partition coefficient (Wildman–Crippen LogP) is 1.61. The van der Waals surface area contributed by atoms with E-state index in [4.69, 9.17) is 4.74 Å². The minimum atomic E-state index is -0.184. The van der Waals surface area contributed by atoms with E-state index >= 15 is 0 Å². The first-order valence-electron chi connectivity index (χ1n) is 8.37. The van der Waals surface area contributed by atoms with Crippen LogP contribution in [0.4, 0.5) is 0 Å². The van der Waals surface area contributed by atoms with Crippen molar-refractivity contribution in [3.63, 3.8) is 0 Å². The Morgan fingerprint density at radius 3 is 2.91 bits per heavy atom. The van der Waals surface area contributed by atoms with Gasteiger partial charge in [-0.2, -0.15) is 0 Å². The minimum Gasteiger partial charge on any atom is -0.472 e. The normalized spacial score (nSPS) is 20.9. The average molecular weight is 317 g/mol. The van der Waals surface area contributed by atoms with Gasteiger partial charge in [-0.3, -0.25) is 9.59 Å². The van der Waals surface area contributed by atoms with Crippen molar-refractivity contribution in [1.82, 2.24) is 15.2 Å². The molecule has 6 nitrogen and oxygen atoms in total. The first kappa shape index (κ1) is 15.8. The van der Waals surface area contributed by atoms with Crippen LogP contribution in [0.15, 0.2) is 18.3 Å². The molecule has 3 rings (SSSR count). The molecule has 1 saturated carbocycles. The number of hydrogen-bond donors (Lipinski definition) is 1. The molecular weight excluding hydrogens is 294 g/mol. The molecule has 2 aliphatic rings. The Balaban J connectivity index is 1.62. The minimum absolute atomic E-state index is 0.0953. The summed E-state index contributed by atoms with van der Waals surface area (Å²) in [5.74, 6) is 0.638. The number of carbonyl (C=O) groups is 2. The quantitative estimate of drug-likeness (QED) is 0.895. The topological polar surface area (TPSA) is 71.5 Å². The fourth-order valence-corrected chi connectivity index (χ4v) is 3.01. The third-order valence-electron chi connectivity index (χ3n) is 4.54. The Morgan fingerprint density at radius 1 is 1.39 bits per heavy atom. The lowest BCUT2D eigenvalue weighted by Crippen LogP contribution is -2.38. The van der Waals surface area contributed by atoms with E-state index in [0.29, 0.717) is 24.5 Å². The van der Waals surface area contributed by atoms with Crippen LogP contribution in [-0.4, -0.2) is 47.4 Å². The Hall–Kier alpha value is -2.11. The summed E-state index contributed by atoms with van der Waals surface area (Å²) in [7, 11) is 0. The summed E-state index contributed by atoms with van der Waals surface area (Å²) in [6.07, 6.45) is 5.50. The van der Waals surface area contributed by atoms with E-state index < -0.39 is 0 Å². The lowest BCUT2D eigenvalue weighted by molar-refractivity contribution is -0.137. The second-order valence-corrected chi connectivity index (χ2v) is 6.16. The molecule has 23 heavy (non-hydrogen) atoms. The van der Waals surface area contributed by atoms with Crippen molar-refractivity contribution in [1.29, 1.82) is 0 Å². The van der Waals surface area contributed by atoms with Gasteiger partial charge in [0.15, 0.2) is 0 Å². The molecule has 1 aromatic heterocycles. The lowest BCUT2D eigenvalue weighted by atomic mass is 9.84. The molecule has 0 radical (unpaired) electrons. The Morgan fingerprint density at radius 2 is 2.22 bits per heavy atom. The smallest absolute Gasteiger partial charge is 0.256 e. The zero-order valence-corrected chi connectivity index (χ0v) is 13.5. The Kier molecular flexibility index (Phi) is 4.79. The molecular formula is C17H23N3O3. The van der Waals surface area contributed by atoms with Crippen LogP contribution < -0.4 is 10.1 Å². The first-order valence-corrected chi connectivity index (χ1v) is 8.37. The third kappa shape index (κ3) is 3.46. The lowest BCUT2D eigenvalue weighted by Gasteiger charge is -2.29. The van der Waals surface area contributed by atoms with Crippen LogP contribution in [0, 0.1) is 5.92 Å². The van der Waals surface area contributed by atoms with Gasteiger partial charge in [-0.15, -0.1) is 0 Å². The second kappa shape index (κ2) is 6.98. The summed E-state index contributed by atoms with van der Waals surface area (Å²) < 4.78 is 5.92. The van der Waals surface area contributed by atoms with Crippen LogP contribution in [0.25, 0.3) is 0 Å². The highest BCUT2D eigenvalue weighted by Crippen LogP contribution is 2.30. The molecule has 0 aromatic carbocycles. The van der Waals surface area contributed by atoms with E-state index in [0.717, 1.165) is 32.2 Å². The van der Waals surface area contributed by atoms with Crippen molar-refractivity contribution >= 4 is 11.8 Å². The van der Waals surface area contributed by atoms with E-state index in [1.807, 2.05) is 11.8 Å². The highest BCUT2D eigenvalue weighted by Gasteiger charge is 2.34. The van der Waals surface area contributed by atoms with Gasteiger partial charge in [0.1, 0.15) is 11.7 Å². The molecule has 1 aliphatic carbocycles. The van der Waals surface area contributed by atoms with Gasteiger partial charge in [-0.1, -0.05) is 6.42 Å². The number of nitrogens with one attached hydrogen (secondary N) is 1. The SMILES string of the molecule is CCNC(=O)c1cccnc1OC1CCN(C(=O)C2CCC2)C1. The summed E-state index contributed by atoms with van der Waals surface area (Å²) in [4.78, 5) is 30.4. The van der Waals surface area contributed by atoms with Gasteiger partial charge < -0.3 is 15.0 Å². The highest BCUT2D eigenvalue weighted by molar-refractivity contribution is 5.96. The monoisotopic (exact) mass is 317 g/mol. The van der Waals surface area contributed by atoms with Gasteiger partial charge in [-0.25, -0.2) is 4.98 Å². The fraction of sp³-hybridized carbons (Fsp3) is 0.588. The second-order valence-electron chi connectivity index (χ2n) is 6.16. The van der Waals surface area contributed by atoms with Gasteiger partial charge in [0.2, 0.25) is 11.8 Å². The maximum atomic E-state index is 12.3. The van der Waals surface area contributed by atoms with Crippen LogP contribution in [0.1, 0.15) is 43.0 Å². The largest absolute Gasteiger partial charge is 0.472 e. The molecule has 1 saturated heterocycles. The molecule has 0 bridgehead atoms. The van der Waals surface area contributed by atoms with Crippen molar-refractivity contribution in [2.45, 2.75) is 38.7 Å². The fourth-order valence-electron chi connectivity index (χ4n) is 3.01. The van der Waals surface area contributed by atoms with E-state index in [2.05, 4.69) is 10.3 Å². The zero-order valence-electron chi connectivity index (χ0n) is 13.5. The maximum Gasteiger partial charge on any atom is 0.256 e. The van der Waals surface area contributed by atoms with Gasteiger partial charge in [0.25, 0.3) is 5.91 Å². The van der Waals surface area contributed by atoms with E-state index in [9.17, 15) is 9.59 Å². The number of ether oxygens (including phenoxy) is 1. The first-order chi connectivity index (χ1) is 11.2. The van der Waals surface area contributed by atoms with Crippen LogP contribution in [-0.2, 0) is 4.79 Å². The third-order valence-corrected chi connectivity index (χ3v) is 4.54. The summed E-state index contributed by atoms with van der Waals surface area (Å²) in [6.45, 7) is 3.74. The van der Waals surface area contributed by atoms with E-state index in [1.165, 1.54) is 0 Å². The number of rotatable bonds is 5. The van der Waals surface area contributed by atoms with Crippen molar-refractivity contribution in [3.05, 3.63) is 23.9 Å². The summed E-state index contributed by atoms with van der Waals surface area (Å²) >= 11 is 0. The zero-order chi connectivity index (χ0) is 16.2. The molecule has 2 amide bonds. The number of nitrogens with zero attached hydrogens (tertiary/aromatic N) is 2. The Bertz CT molecular complexity index is 586.